The van der Waals surface area contributed by atoms with E-state index < -0.39 is 11.6 Å². The molecule has 2 heterocycles. The van der Waals surface area contributed by atoms with Crippen molar-refractivity contribution in [1.29, 1.82) is 0 Å². The molecule has 98 valence electrons. The van der Waals surface area contributed by atoms with Crippen LogP contribution in [0.4, 0.5) is 8.78 Å². The topological polar surface area (TPSA) is 46.8 Å². The molecule has 3 rings (SSSR count). The van der Waals surface area contributed by atoms with E-state index in [1.54, 1.807) is 10.6 Å². The number of aliphatic hydroxyl groups is 1. The van der Waals surface area contributed by atoms with Crippen molar-refractivity contribution in [1.82, 2.24) is 9.38 Å². The summed E-state index contributed by atoms with van der Waals surface area (Å²) >= 11 is 1.37. The number of thiazole rings is 1. The molecule has 0 spiro atoms. The number of aliphatic hydroxyl groups excluding tert-OH is 1. The molecule has 0 aliphatic rings. The molecule has 2 aromatic heterocycles. The Morgan fingerprint density at radius 1 is 1.26 bits per heavy atom. The van der Waals surface area contributed by atoms with Gasteiger partial charge in [-0.05, 0) is 0 Å². The Balaban J connectivity index is 2.02. The summed E-state index contributed by atoms with van der Waals surface area (Å²) in [4.78, 5) is 4.79. The van der Waals surface area contributed by atoms with Crippen LogP contribution < -0.4 is 4.74 Å². The molecule has 0 atom stereocenters. The number of aromatic nitrogens is 2. The van der Waals surface area contributed by atoms with Crippen LogP contribution in [0.1, 0.15) is 5.69 Å². The maximum absolute atomic E-state index is 13.1. The van der Waals surface area contributed by atoms with E-state index in [9.17, 15) is 13.9 Å². The van der Waals surface area contributed by atoms with Crippen LogP contribution in [0, 0.1) is 11.6 Å². The van der Waals surface area contributed by atoms with Crippen LogP contribution >= 0.6 is 11.3 Å². The Hall–Kier alpha value is -1.99. The van der Waals surface area contributed by atoms with Gasteiger partial charge < -0.3 is 9.84 Å². The number of ether oxygens (including phenoxy) is 1. The molecule has 1 aromatic carbocycles. The van der Waals surface area contributed by atoms with E-state index in [2.05, 4.69) is 4.98 Å². The van der Waals surface area contributed by atoms with Gasteiger partial charge in [0.15, 0.2) is 4.96 Å². The van der Waals surface area contributed by atoms with Gasteiger partial charge in [0.2, 0.25) is 5.88 Å². The van der Waals surface area contributed by atoms with E-state index in [4.69, 9.17) is 4.74 Å². The molecule has 1 N–H and O–H groups in total. The van der Waals surface area contributed by atoms with Crippen molar-refractivity contribution in [3.05, 3.63) is 47.1 Å². The third kappa shape index (κ3) is 2.18. The number of benzene rings is 1. The largest absolute Gasteiger partial charge is 0.437 e. The summed E-state index contributed by atoms with van der Waals surface area (Å²) in [5.41, 5.74) is 0.431. The van der Waals surface area contributed by atoms with Crippen LogP contribution in [0.15, 0.2) is 29.8 Å². The van der Waals surface area contributed by atoms with E-state index in [0.29, 0.717) is 10.7 Å². The zero-order chi connectivity index (χ0) is 13.4. The summed E-state index contributed by atoms with van der Waals surface area (Å²) in [5, 5.41) is 11.1. The lowest BCUT2D eigenvalue weighted by atomic mass is 10.3. The van der Waals surface area contributed by atoms with E-state index in [1.165, 1.54) is 11.3 Å². The summed E-state index contributed by atoms with van der Waals surface area (Å²) in [5.74, 6) is -1.33. The minimum atomic E-state index is -0.735. The maximum atomic E-state index is 13.1. The van der Waals surface area contributed by atoms with Crippen molar-refractivity contribution in [2.75, 3.05) is 0 Å². The Morgan fingerprint density at radius 3 is 2.68 bits per heavy atom. The molecule has 0 unspecified atom stereocenters. The van der Waals surface area contributed by atoms with Gasteiger partial charge in [-0.2, -0.15) is 4.98 Å². The Bertz CT molecular complexity index is 718. The Kier molecular flexibility index (Phi) is 2.92. The van der Waals surface area contributed by atoms with E-state index in [1.807, 2.05) is 5.38 Å². The molecule has 0 saturated heterocycles. The molecule has 3 aromatic rings. The summed E-state index contributed by atoms with van der Waals surface area (Å²) in [7, 11) is 0. The number of nitrogens with zero attached hydrogens (tertiary/aromatic N) is 2. The van der Waals surface area contributed by atoms with Gasteiger partial charge in [0.05, 0.1) is 6.61 Å². The number of hydrogen-bond acceptors (Lipinski definition) is 4. The first-order chi connectivity index (χ1) is 9.17. The van der Waals surface area contributed by atoms with E-state index in [0.717, 1.165) is 18.2 Å². The van der Waals surface area contributed by atoms with Crippen LogP contribution in [0.3, 0.4) is 0 Å². The first-order valence-corrected chi connectivity index (χ1v) is 6.24. The average molecular weight is 282 g/mol. The minimum Gasteiger partial charge on any atom is -0.437 e. The number of fused-ring (bicyclic) bond motifs is 1. The van der Waals surface area contributed by atoms with Crippen molar-refractivity contribution >= 4 is 16.3 Å². The molecule has 0 saturated carbocycles. The second kappa shape index (κ2) is 4.60. The van der Waals surface area contributed by atoms with Gasteiger partial charge in [-0.1, -0.05) is 0 Å². The maximum Gasteiger partial charge on any atom is 0.244 e. The molecule has 0 amide bonds. The quantitative estimate of drug-likeness (QED) is 0.803. The third-order valence-electron chi connectivity index (χ3n) is 2.52. The molecule has 0 aliphatic heterocycles. The monoisotopic (exact) mass is 282 g/mol. The summed E-state index contributed by atoms with van der Waals surface area (Å²) in [6.07, 6.45) is 1.73. The Morgan fingerprint density at radius 2 is 2.00 bits per heavy atom. The van der Waals surface area contributed by atoms with Crippen LogP contribution in [-0.4, -0.2) is 14.5 Å². The second-order valence-electron chi connectivity index (χ2n) is 3.78. The number of halogens is 2. The smallest absolute Gasteiger partial charge is 0.244 e. The molecule has 0 bridgehead atoms. The highest BCUT2D eigenvalue weighted by atomic mass is 32.1. The molecule has 19 heavy (non-hydrogen) atoms. The number of hydrogen-bond donors (Lipinski definition) is 1. The standard InChI is InChI=1S/C12H8F2N2O2S/c13-7-3-8(14)5-9(4-7)18-11-10(6-17)16-1-2-19-12(16)15-11/h1-5,17H,6H2. The molecular formula is C12H8F2N2O2S. The van der Waals surface area contributed by atoms with Crippen LogP contribution in [-0.2, 0) is 6.61 Å². The zero-order valence-electron chi connectivity index (χ0n) is 9.51. The third-order valence-corrected chi connectivity index (χ3v) is 3.28. The van der Waals surface area contributed by atoms with Crippen molar-refractivity contribution in [2.24, 2.45) is 0 Å². The Labute approximate surface area is 110 Å². The van der Waals surface area contributed by atoms with Gasteiger partial charge in [0.25, 0.3) is 0 Å². The number of rotatable bonds is 3. The number of imidazole rings is 1. The fourth-order valence-corrected chi connectivity index (χ4v) is 2.46. The summed E-state index contributed by atoms with van der Waals surface area (Å²) in [6.45, 7) is -0.287. The van der Waals surface area contributed by atoms with Gasteiger partial charge in [-0.3, -0.25) is 4.40 Å². The van der Waals surface area contributed by atoms with Crippen LogP contribution in [0.5, 0.6) is 11.6 Å². The first-order valence-electron chi connectivity index (χ1n) is 5.36. The van der Waals surface area contributed by atoms with Crippen molar-refractivity contribution in [3.8, 4) is 11.6 Å². The molecule has 0 fully saturated rings. The highest BCUT2D eigenvalue weighted by Crippen LogP contribution is 2.28. The van der Waals surface area contributed by atoms with Gasteiger partial charge in [-0.15, -0.1) is 11.3 Å². The minimum absolute atomic E-state index is 0.00190. The van der Waals surface area contributed by atoms with Gasteiger partial charge in [0, 0.05) is 29.8 Å². The van der Waals surface area contributed by atoms with Gasteiger partial charge in [-0.25, -0.2) is 8.78 Å². The first kappa shape index (κ1) is 12.1. The fourth-order valence-electron chi connectivity index (χ4n) is 1.74. The van der Waals surface area contributed by atoms with Crippen molar-refractivity contribution in [3.63, 3.8) is 0 Å². The lowest BCUT2D eigenvalue weighted by Crippen LogP contribution is -1.94. The SMILES string of the molecule is OCc1c(Oc2cc(F)cc(F)c2)nc2sccn12. The molecule has 0 aliphatic carbocycles. The summed E-state index contributed by atoms with van der Waals surface area (Å²) < 4.78 is 33.1. The molecule has 7 heteroatoms. The van der Waals surface area contributed by atoms with E-state index in [-0.39, 0.29) is 18.2 Å². The molecular weight excluding hydrogens is 274 g/mol. The summed E-state index contributed by atoms with van der Waals surface area (Å²) in [6, 6.07) is 2.86. The average Bonchev–Trinajstić information content (AvgIpc) is 2.87. The van der Waals surface area contributed by atoms with Gasteiger partial charge in [0.1, 0.15) is 23.1 Å². The molecule has 0 radical (unpaired) electrons. The normalized spacial score (nSPS) is 11.1. The van der Waals surface area contributed by atoms with E-state index >= 15 is 0 Å². The predicted molar refractivity (Wildman–Crippen MR) is 65.4 cm³/mol. The van der Waals surface area contributed by atoms with Gasteiger partial charge >= 0.3 is 0 Å². The zero-order valence-corrected chi connectivity index (χ0v) is 10.3. The van der Waals surface area contributed by atoms with Crippen molar-refractivity contribution < 1.29 is 18.6 Å². The predicted octanol–water partition coefficient (Wildman–Crippen LogP) is 2.96. The second-order valence-corrected chi connectivity index (χ2v) is 4.66. The molecule has 4 nitrogen and oxygen atoms in total. The van der Waals surface area contributed by atoms with Crippen LogP contribution in [0.2, 0.25) is 0 Å². The lowest BCUT2D eigenvalue weighted by Gasteiger charge is -2.04. The highest BCUT2D eigenvalue weighted by Gasteiger charge is 2.15. The van der Waals surface area contributed by atoms with Crippen LogP contribution in [0.25, 0.3) is 4.96 Å². The highest BCUT2D eigenvalue weighted by molar-refractivity contribution is 7.15. The van der Waals surface area contributed by atoms with Crippen molar-refractivity contribution in [2.45, 2.75) is 6.61 Å². The lowest BCUT2D eigenvalue weighted by molar-refractivity contribution is 0.269. The fraction of sp³-hybridized carbons (Fsp3) is 0.0833.